The van der Waals surface area contributed by atoms with Gasteiger partial charge in [0.05, 0.1) is 16.2 Å². The molecule has 26 heavy (non-hydrogen) atoms. The first kappa shape index (κ1) is 17.5. The molecule has 0 atom stereocenters. The zero-order chi connectivity index (χ0) is 18.8. The van der Waals surface area contributed by atoms with Gasteiger partial charge in [0.25, 0.3) is 17.5 Å². The predicted octanol–water partition coefficient (Wildman–Crippen LogP) is 3.69. The molecule has 0 radical (unpaired) electrons. The van der Waals surface area contributed by atoms with Crippen LogP contribution in [0, 0.1) is 10.1 Å². The van der Waals surface area contributed by atoms with Crippen LogP contribution in [0.15, 0.2) is 59.2 Å². The fourth-order valence-corrected chi connectivity index (χ4v) is 2.56. The zero-order valence-electron chi connectivity index (χ0n) is 13.5. The Kier molecular flexibility index (Phi) is 4.64. The van der Waals surface area contributed by atoms with Crippen molar-refractivity contribution in [1.82, 2.24) is 5.01 Å². The number of hydrogen-bond acceptors (Lipinski definition) is 5. The standard InChI is InChI=1S/C18H12ClN3O4/c1-11-16(10-12-3-2-4-15(9-12)22(25)26)18(24)21(20-11)17(23)13-5-7-14(19)8-6-13/h2-10H,1H3/b16-10-. The number of nitro benzene ring substituents is 1. The van der Waals surface area contributed by atoms with Crippen LogP contribution >= 0.6 is 11.6 Å². The lowest BCUT2D eigenvalue weighted by Crippen LogP contribution is -2.29. The van der Waals surface area contributed by atoms with Crippen LogP contribution in [0.25, 0.3) is 6.08 Å². The molecule has 0 bridgehead atoms. The molecule has 0 saturated heterocycles. The minimum atomic E-state index is -0.589. The third kappa shape index (κ3) is 3.38. The van der Waals surface area contributed by atoms with Gasteiger partial charge < -0.3 is 0 Å². The Labute approximate surface area is 153 Å². The van der Waals surface area contributed by atoms with Crippen molar-refractivity contribution in [2.24, 2.45) is 5.10 Å². The van der Waals surface area contributed by atoms with Crippen molar-refractivity contribution >= 4 is 40.9 Å². The second-order valence-electron chi connectivity index (χ2n) is 5.52. The van der Waals surface area contributed by atoms with Gasteiger partial charge in [0, 0.05) is 22.7 Å². The Morgan fingerprint density at radius 3 is 2.58 bits per heavy atom. The van der Waals surface area contributed by atoms with Crippen LogP contribution in [-0.4, -0.2) is 27.5 Å². The molecular formula is C18H12ClN3O4. The van der Waals surface area contributed by atoms with Gasteiger partial charge in [-0.15, -0.1) is 0 Å². The highest BCUT2D eigenvalue weighted by Gasteiger charge is 2.33. The Bertz CT molecular complexity index is 980. The van der Waals surface area contributed by atoms with Crippen LogP contribution in [-0.2, 0) is 4.79 Å². The fourth-order valence-electron chi connectivity index (χ4n) is 2.43. The minimum Gasteiger partial charge on any atom is -0.267 e. The van der Waals surface area contributed by atoms with Crippen molar-refractivity contribution in [3.8, 4) is 0 Å². The molecule has 8 heteroatoms. The van der Waals surface area contributed by atoms with Crippen LogP contribution in [0.2, 0.25) is 5.02 Å². The maximum absolute atomic E-state index is 12.6. The van der Waals surface area contributed by atoms with E-state index >= 15 is 0 Å². The van der Waals surface area contributed by atoms with Crippen molar-refractivity contribution in [3.05, 3.63) is 80.4 Å². The highest BCUT2D eigenvalue weighted by atomic mass is 35.5. The van der Waals surface area contributed by atoms with Crippen molar-refractivity contribution in [1.29, 1.82) is 0 Å². The maximum atomic E-state index is 12.6. The molecule has 0 aromatic heterocycles. The first-order chi connectivity index (χ1) is 12.4. The maximum Gasteiger partial charge on any atom is 0.283 e. The molecular weight excluding hydrogens is 358 g/mol. The fraction of sp³-hybridized carbons (Fsp3) is 0.0556. The van der Waals surface area contributed by atoms with Gasteiger partial charge in [0.1, 0.15) is 0 Å². The molecule has 0 unspecified atom stereocenters. The lowest BCUT2D eigenvalue weighted by molar-refractivity contribution is -0.384. The summed E-state index contributed by atoms with van der Waals surface area (Å²) in [5.41, 5.74) is 1.21. The number of carbonyl (C=O) groups is 2. The van der Waals surface area contributed by atoms with Gasteiger partial charge in [0.2, 0.25) is 0 Å². The number of benzene rings is 2. The smallest absolute Gasteiger partial charge is 0.267 e. The molecule has 130 valence electrons. The summed E-state index contributed by atoms with van der Waals surface area (Å²) in [4.78, 5) is 35.4. The monoisotopic (exact) mass is 369 g/mol. The lowest BCUT2D eigenvalue weighted by atomic mass is 10.1. The number of rotatable bonds is 3. The van der Waals surface area contributed by atoms with E-state index < -0.39 is 16.7 Å². The molecule has 1 heterocycles. The Hall–Kier alpha value is -3.32. The van der Waals surface area contributed by atoms with Gasteiger partial charge in [-0.3, -0.25) is 19.7 Å². The third-order valence-corrected chi connectivity index (χ3v) is 3.99. The van der Waals surface area contributed by atoms with Crippen LogP contribution < -0.4 is 0 Å². The number of amides is 2. The van der Waals surface area contributed by atoms with Crippen LogP contribution in [0.5, 0.6) is 0 Å². The summed E-state index contributed by atoms with van der Waals surface area (Å²) in [5.74, 6) is -1.16. The highest BCUT2D eigenvalue weighted by Crippen LogP contribution is 2.23. The third-order valence-electron chi connectivity index (χ3n) is 3.74. The first-order valence-electron chi connectivity index (χ1n) is 7.53. The largest absolute Gasteiger partial charge is 0.283 e. The van der Waals surface area contributed by atoms with E-state index in [1.165, 1.54) is 36.4 Å². The number of nitro groups is 1. The molecule has 3 rings (SSSR count). The van der Waals surface area contributed by atoms with E-state index in [0.29, 0.717) is 16.3 Å². The molecule has 2 aromatic rings. The Morgan fingerprint density at radius 2 is 1.92 bits per heavy atom. The van der Waals surface area contributed by atoms with Gasteiger partial charge in [0.15, 0.2) is 0 Å². The average molecular weight is 370 g/mol. The summed E-state index contributed by atoms with van der Waals surface area (Å²) in [6.45, 7) is 1.59. The second-order valence-corrected chi connectivity index (χ2v) is 5.96. The van der Waals surface area contributed by atoms with Gasteiger partial charge in [-0.25, -0.2) is 0 Å². The summed E-state index contributed by atoms with van der Waals surface area (Å²) in [5, 5.41) is 16.1. The van der Waals surface area contributed by atoms with E-state index in [1.54, 1.807) is 25.1 Å². The van der Waals surface area contributed by atoms with Gasteiger partial charge >= 0.3 is 0 Å². The van der Waals surface area contributed by atoms with Gasteiger partial charge in [-0.2, -0.15) is 10.1 Å². The molecule has 1 aliphatic rings. The molecule has 2 amide bonds. The molecule has 0 fully saturated rings. The van der Waals surface area contributed by atoms with Crippen molar-refractivity contribution < 1.29 is 14.5 Å². The van der Waals surface area contributed by atoms with E-state index in [1.807, 2.05) is 0 Å². The molecule has 0 N–H and O–H groups in total. The topological polar surface area (TPSA) is 92.9 Å². The van der Waals surface area contributed by atoms with Gasteiger partial charge in [-0.1, -0.05) is 23.7 Å². The normalized spacial score (nSPS) is 15.3. The van der Waals surface area contributed by atoms with Crippen molar-refractivity contribution in [3.63, 3.8) is 0 Å². The number of hydrazone groups is 1. The summed E-state index contributed by atoms with van der Waals surface area (Å²) in [7, 11) is 0. The van der Waals surface area contributed by atoms with E-state index in [4.69, 9.17) is 11.6 Å². The summed E-state index contributed by atoms with van der Waals surface area (Å²) in [6.07, 6.45) is 1.48. The van der Waals surface area contributed by atoms with E-state index in [2.05, 4.69) is 5.10 Å². The summed E-state index contributed by atoms with van der Waals surface area (Å²) < 4.78 is 0. The predicted molar refractivity (Wildman–Crippen MR) is 96.8 cm³/mol. The number of non-ortho nitro benzene ring substituents is 1. The van der Waals surface area contributed by atoms with E-state index in [-0.39, 0.29) is 16.8 Å². The lowest BCUT2D eigenvalue weighted by Gasteiger charge is -2.09. The summed E-state index contributed by atoms with van der Waals surface area (Å²) >= 11 is 5.80. The molecule has 0 saturated carbocycles. The second kappa shape index (κ2) is 6.89. The van der Waals surface area contributed by atoms with Crippen molar-refractivity contribution in [2.45, 2.75) is 6.92 Å². The SMILES string of the molecule is CC1=NN(C(=O)c2ccc(Cl)cc2)C(=O)/C1=C\c1cccc([N+](=O)[O-])c1. The molecule has 1 aliphatic heterocycles. The quantitative estimate of drug-likeness (QED) is 0.357. The number of halogens is 1. The first-order valence-corrected chi connectivity index (χ1v) is 7.90. The number of hydrogen-bond donors (Lipinski definition) is 0. The average Bonchev–Trinajstić information content (AvgIpc) is 2.90. The van der Waals surface area contributed by atoms with Crippen molar-refractivity contribution in [2.75, 3.05) is 0 Å². The molecule has 0 aliphatic carbocycles. The van der Waals surface area contributed by atoms with E-state index in [0.717, 1.165) is 5.01 Å². The number of imide groups is 1. The van der Waals surface area contributed by atoms with Crippen LogP contribution in [0.4, 0.5) is 5.69 Å². The van der Waals surface area contributed by atoms with Crippen LogP contribution in [0.1, 0.15) is 22.8 Å². The Morgan fingerprint density at radius 1 is 1.23 bits per heavy atom. The van der Waals surface area contributed by atoms with Gasteiger partial charge in [-0.05, 0) is 42.8 Å². The summed E-state index contributed by atoms with van der Waals surface area (Å²) in [6, 6.07) is 12.0. The molecule has 7 nitrogen and oxygen atoms in total. The van der Waals surface area contributed by atoms with E-state index in [9.17, 15) is 19.7 Å². The number of carbonyl (C=O) groups excluding carboxylic acids is 2. The highest BCUT2D eigenvalue weighted by molar-refractivity contribution is 6.31. The Balaban J connectivity index is 1.90. The molecule has 0 spiro atoms. The van der Waals surface area contributed by atoms with Crippen LogP contribution in [0.3, 0.4) is 0 Å². The molecule has 2 aromatic carbocycles. The zero-order valence-corrected chi connectivity index (χ0v) is 14.3. The minimum absolute atomic E-state index is 0.0894. The number of nitrogens with zero attached hydrogens (tertiary/aromatic N) is 3.